The Hall–Kier alpha value is -1.01. The molecule has 0 saturated carbocycles. The summed E-state index contributed by atoms with van der Waals surface area (Å²) in [5, 5.41) is 0.512. The Morgan fingerprint density at radius 3 is 2.65 bits per heavy atom. The number of nitrogens with two attached hydrogens (primary N) is 1. The van der Waals surface area contributed by atoms with E-state index in [1.54, 1.807) is 12.1 Å². The molecule has 0 aliphatic heterocycles. The van der Waals surface area contributed by atoms with Gasteiger partial charge in [0.2, 0.25) is 0 Å². The normalized spacial score (nSPS) is 12.4. The Kier molecular flexibility index (Phi) is 5.10. The summed E-state index contributed by atoms with van der Waals surface area (Å²) in [5.41, 5.74) is 3.72. The molecule has 2 aromatic carbocycles. The standard InChI is InChI=1S/C14H12BrClF2N2/c15-11-3-1-2-10(14(11)16)13(20-19)6-8-4-5-9(17)7-12(8)18/h1-5,7,13,20H,6,19H2. The van der Waals surface area contributed by atoms with Crippen molar-refractivity contribution in [1.82, 2.24) is 5.43 Å². The van der Waals surface area contributed by atoms with Crippen LogP contribution >= 0.6 is 27.5 Å². The van der Waals surface area contributed by atoms with E-state index in [1.165, 1.54) is 12.1 Å². The molecule has 0 amide bonds. The Labute approximate surface area is 129 Å². The number of hydrogen-bond donors (Lipinski definition) is 2. The third-order valence-corrected chi connectivity index (χ3v) is 4.31. The van der Waals surface area contributed by atoms with Gasteiger partial charge in [0.25, 0.3) is 0 Å². The number of benzene rings is 2. The minimum atomic E-state index is -0.607. The molecule has 3 N–H and O–H groups in total. The lowest BCUT2D eigenvalue weighted by atomic mass is 9.99. The van der Waals surface area contributed by atoms with E-state index in [4.69, 9.17) is 17.4 Å². The third-order valence-electron chi connectivity index (χ3n) is 3.00. The van der Waals surface area contributed by atoms with E-state index in [0.29, 0.717) is 10.6 Å². The lowest BCUT2D eigenvalue weighted by molar-refractivity contribution is 0.522. The highest BCUT2D eigenvalue weighted by Gasteiger charge is 2.17. The SMILES string of the molecule is NNC(Cc1ccc(F)cc1F)c1cccc(Br)c1Cl. The van der Waals surface area contributed by atoms with Gasteiger partial charge in [-0.2, -0.15) is 0 Å². The van der Waals surface area contributed by atoms with Gasteiger partial charge in [-0.05, 0) is 45.6 Å². The summed E-state index contributed by atoms with van der Waals surface area (Å²) in [6, 6.07) is 8.52. The Balaban J connectivity index is 2.31. The van der Waals surface area contributed by atoms with Gasteiger partial charge in [0.15, 0.2) is 0 Å². The molecule has 20 heavy (non-hydrogen) atoms. The molecule has 0 bridgehead atoms. The van der Waals surface area contributed by atoms with Crippen molar-refractivity contribution in [2.75, 3.05) is 0 Å². The molecule has 0 radical (unpaired) electrons. The molecule has 1 atom stereocenters. The molecule has 2 rings (SSSR count). The minimum absolute atomic E-state index is 0.263. The second-order valence-electron chi connectivity index (χ2n) is 4.30. The van der Waals surface area contributed by atoms with Gasteiger partial charge < -0.3 is 0 Å². The summed E-state index contributed by atoms with van der Waals surface area (Å²) in [5.74, 6) is 4.32. The van der Waals surface area contributed by atoms with Crippen LogP contribution in [0, 0.1) is 11.6 Å². The van der Waals surface area contributed by atoms with E-state index < -0.39 is 11.6 Å². The molecule has 1 unspecified atom stereocenters. The maximum Gasteiger partial charge on any atom is 0.129 e. The van der Waals surface area contributed by atoms with Crippen LogP contribution in [0.5, 0.6) is 0 Å². The van der Waals surface area contributed by atoms with Crippen molar-refractivity contribution in [3.05, 3.63) is 68.7 Å². The van der Waals surface area contributed by atoms with Crippen LogP contribution in [0.2, 0.25) is 5.02 Å². The van der Waals surface area contributed by atoms with E-state index in [9.17, 15) is 8.78 Å². The number of hydrogen-bond acceptors (Lipinski definition) is 2. The molecule has 0 aliphatic rings. The Morgan fingerprint density at radius 2 is 2.00 bits per heavy atom. The predicted octanol–water partition coefficient (Wildman–Crippen LogP) is 4.13. The highest BCUT2D eigenvalue weighted by molar-refractivity contribution is 9.10. The van der Waals surface area contributed by atoms with Crippen molar-refractivity contribution >= 4 is 27.5 Å². The molecule has 0 spiro atoms. The Morgan fingerprint density at radius 1 is 1.25 bits per heavy atom. The van der Waals surface area contributed by atoms with E-state index in [0.717, 1.165) is 16.1 Å². The predicted molar refractivity (Wildman–Crippen MR) is 79.3 cm³/mol. The minimum Gasteiger partial charge on any atom is -0.271 e. The van der Waals surface area contributed by atoms with Crippen LogP contribution in [0.1, 0.15) is 17.2 Å². The molecule has 0 aromatic heterocycles. The van der Waals surface area contributed by atoms with Crippen LogP contribution in [0.3, 0.4) is 0 Å². The fraction of sp³-hybridized carbons (Fsp3) is 0.143. The molecule has 0 aliphatic carbocycles. The van der Waals surface area contributed by atoms with E-state index in [2.05, 4.69) is 21.4 Å². The fourth-order valence-corrected chi connectivity index (χ4v) is 2.59. The highest BCUT2D eigenvalue weighted by Crippen LogP contribution is 2.31. The molecule has 2 aromatic rings. The fourth-order valence-electron chi connectivity index (χ4n) is 1.96. The van der Waals surface area contributed by atoms with Gasteiger partial charge >= 0.3 is 0 Å². The van der Waals surface area contributed by atoms with Crippen molar-refractivity contribution < 1.29 is 8.78 Å². The number of halogens is 4. The largest absolute Gasteiger partial charge is 0.271 e. The Bertz CT molecular complexity index is 622. The van der Waals surface area contributed by atoms with Crippen molar-refractivity contribution in [3.63, 3.8) is 0 Å². The quantitative estimate of drug-likeness (QED) is 0.635. The highest BCUT2D eigenvalue weighted by atomic mass is 79.9. The molecular weight excluding hydrogens is 350 g/mol. The first kappa shape index (κ1) is 15.4. The summed E-state index contributed by atoms with van der Waals surface area (Å²) >= 11 is 9.53. The first-order valence-electron chi connectivity index (χ1n) is 5.87. The van der Waals surface area contributed by atoms with Crippen LogP contribution in [0.15, 0.2) is 40.9 Å². The monoisotopic (exact) mass is 360 g/mol. The van der Waals surface area contributed by atoms with Gasteiger partial charge in [-0.25, -0.2) is 8.78 Å². The maximum atomic E-state index is 13.7. The molecular formula is C14H12BrClF2N2. The van der Waals surface area contributed by atoms with Gasteiger partial charge in [0.05, 0.1) is 11.1 Å². The first-order chi connectivity index (χ1) is 9.52. The van der Waals surface area contributed by atoms with E-state index in [-0.39, 0.29) is 12.5 Å². The third kappa shape index (κ3) is 3.35. The molecule has 0 heterocycles. The zero-order chi connectivity index (χ0) is 14.7. The van der Waals surface area contributed by atoms with E-state index in [1.807, 2.05) is 6.07 Å². The molecule has 106 valence electrons. The van der Waals surface area contributed by atoms with Crippen LogP contribution in [0.4, 0.5) is 8.78 Å². The van der Waals surface area contributed by atoms with Gasteiger partial charge in [0.1, 0.15) is 11.6 Å². The second-order valence-corrected chi connectivity index (χ2v) is 5.53. The number of rotatable bonds is 4. The first-order valence-corrected chi connectivity index (χ1v) is 7.04. The molecule has 6 heteroatoms. The van der Waals surface area contributed by atoms with Gasteiger partial charge in [-0.3, -0.25) is 11.3 Å². The summed E-state index contributed by atoms with van der Waals surface area (Å²) in [7, 11) is 0. The van der Waals surface area contributed by atoms with Crippen molar-refractivity contribution in [2.24, 2.45) is 5.84 Å². The van der Waals surface area contributed by atoms with Crippen LogP contribution in [-0.2, 0) is 6.42 Å². The molecule has 0 saturated heterocycles. The summed E-state index contributed by atoms with van der Waals surface area (Å²) in [6.45, 7) is 0. The maximum absolute atomic E-state index is 13.7. The lowest BCUT2D eigenvalue weighted by Crippen LogP contribution is -2.30. The summed E-state index contributed by atoms with van der Waals surface area (Å²) in [4.78, 5) is 0. The van der Waals surface area contributed by atoms with Gasteiger partial charge in [0, 0.05) is 10.5 Å². The summed E-state index contributed by atoms with van der Waals surface area (Å²) in [6.07, 6.45) is 0.263. The number of hydrazine groups is 1. The molecule has 0 fully saturated rings. The van der Waals surface area contributed by atoms with Crippen LogP contribution < -0.4 is 11.3 Å². The average Bonchev–Trinajstić information content (AvgIpc) is 2.42. The van der Waals surface area contributed by atoms with Crippen molar-refractivity contribution in [1.29, 1.82) is 0 Å². The van der Waals surface area contributed by atoms with E-state index >= 15 is 0 Å². The van der Waals surface area contributed by atoms with Gasteiger partial charge in [-0.1, -0.05) is 29.8 Å². The zero-order valence-corrected chi connectivity index (χ0v) is 12.7. The topological polar surface area (TPSA) is 38.0 Å². The second kappa shape index (κ2) is 6.63. The zero-order valence-electron chi connectivity index (χ0n) is 10.3. The number of nitrogens with one attached hydrogen (secondary N) is 1. The summed E-state index contributed by atoms with van der Waals surface area (Å²) < 4.78 is 27.3. The average molecular weight is 362 g/mol. The van der Waals surface area contributed by atoms with Crippen molar-refractivity contribution in [2.45, 2.75) is 12.5 Å². The lowest BCUT2D eigenvalue weighted by Gasteiger charge is -2.18. The van der Waals surface area contributed by atoms with Crippen molar-refractivity contribution in [3.8, 4) is 0 Å². The van der Waals surface area contributed by atoms with Crippen LogP contribution in [-0.4, -0.2) is 0 Å². The molecule has 2 nitrogen and oxygen atoms in total. The van der Waals surface area contributed by atoms with Gasteiger partial charge in [-0.15, -0.1) is 0 Å². The smallest absolute Gasteiger partial charge is 0.129 e. The van der Waals surface area contributed by atoms with Crippen LogP contribution in [0.25, 0.3) is 0 Å².